The number of aryl methyl sites for hydroxylation is 2. The van der Waals surface area contributed by atoms with Crippen molar-refractivity contribution in [3.8, 4) is 11.3 Å². The van der Waals surface area contributed by atoms with Gasteiger partial charge in [0.1, 0.15) is 0 Å². The Morgan fingerprint density at radius 1 is 1.13 bits per heavy atom. The molecule has 8 heteroatoms. The third-order valence-electron chi connectivity index (χ3n) is 6.09. The quantitative estimate of drug-likeness (QED) is 0.640. The number of amides is 1. The summed E-state index contributed by atoms with van der Waals surface area (Å²) >= 11 is 0. The van der Waals surface area contributed by atoms with E-state index in [4.69, 9.17) is 4.98 Å². The maximum absolute atomic E-state index is 13.3. The van der Waals surface area contributed by atoms with Crippen LogP contribution in [-0.2, 0) is 7.05 Å². The van der Waals surface area contributed by atoms with Crippen LogP contribution in [0.5, 0.6) is 0 Å². The van der Waals surface area contributed by atoms with Crippen LogP contribution in [0.1, 0.15) is 41.7 Å². The number of rotatable bonds is 3. The molecule has 2 unspecified atom stereocenters. The highest BCUT2D eigenvalue weighted by molar-refractivity contribution is 6.07. The van der Waals surface area contributed by atoms with E-state index < -0.39 is 0 Å². The summed E-state index contributed by atoms with van der Waals surface area (Å²) in [6.45, 7) is 1.94. The zero-order valence-corrected chi connectivity index (χ0v) is 18.7. The molecule has 4 heterocycles. The minimum absolute atomic E-state index is 0. The van der Waals surface area contributed by atoms with E-state index in [1.165, 1.54) is 12.8 Å². The number of benzene rings is 1. The lowest BCUT2D eigenvalue weighted by molar-refractivity contribution is 0.0925. The van der Waals surface area contributed by atoms with Crippen molar-refractivity contribution in [2.24, 2.45) is 7.05 Å². The summed E-state index contributed by atoms with van der Waals surface area (Å²) in [4.78, 5) is 18.1. The normalized spacial score (nSPS) is 22.3. The first-order chi connectivity index (χ1) is 13.6. The Balaban J connectivity index is 0.00000128. The zero-order chi connectivity index (χ0) is 19.3. The highest BCUT2D eigenvalue weighted by atomic mass is 35.5. The monoisotopic (exact) mass is 447 g/mol. The Morgan fingerprint density at radius 2 is 1.80 bits per heavy atom. The van der Waals surface area contributed by atoms with Gasteiger partial charge in [-0.2, -0.15) is 5.10 Å². The van der Waals surface area contributed by atoms with Crippen LogP contribution in [0.3, 0.4) is 0 Å². The Labute approximate surface area is 188 Å². The molecule has 2 N–H and O–H groups in total. The summed E-state index contributed by atoms with van der Waals surface area (Å²) in [5, 5.41) is 12.3. The molecule has 2 atom stereocenters. The summed E-state index contributed by atoms with van der Waals surface area (Å²) in [7, 11) is 1.88. The van der Waals surface area contributed by atoms with Gasteiger partial charge in [-0.1, -0.05) is 30.3 Å². The summed E-state index contributed by atoms with van der Waals surface area (Å²) < 4.78 is 1.76. The topological polar surface area (TPSA) is 71.8 Å². The van der Waals surface area contributed by atoms with E-state index in [0.29, 0.717) is 17.6 Å². The lowest BCUT2D eigenvalue weighted by Crippen LogP contribution is -2.48. The maximum atomic E-state index is 13.3. The van der Waals surface area contributed by atoms with Crippen LogP contribution >= 0.6 is 24.8 Å². The van der Waals surface area contributed by atoms with Crippen molar-refractivity contribution in [2.75, 3.05) is 0 Å². The number of hydrogen-bond acceptors (Lipinski definition) is 4. The van der Waals surface area contributed by atoms with E-state index in [1.807, 2.05) is 50.4 Å². The molecular formula is C22H27Cl2N5O. The van der Waals surface area contributed by atoms with Gasteiger partial charge in [0, 0.05) is 30.7 Å². The molecular weight excluding hydrogens is 421 g/mol. The minimum Gasteiger partial charge on any atom is -0.349 e. The van der Waals surface area contributed by atoms with Crippen LogP contribution in [0.2, 0.25) is 0 Å². The van der Waals surface area contributed by atoms with Crippen molar-refractivity contribution >= 4 is 41.8 Å². The summed E-state index contributed by atoms with van der Waals surface area (Å²) in [6, 6.07) is 13.2. The fourth-order valence-electron chi connectivity index (χ4n) is 4.82. The Bertz CT molecular complexity index is 1040. The van der Waals surface area contributed by atoms with Crippen molar-refractivity contribution in [3.63, 3.8) is 0 Å². The van der Waals surface area contributed by atoms with Crippen LogP contribution in [-0.4, -0.2) is 38.8 Å². The fraction of sp³-hybridized carbons (Fsp3) is 0.409. The number of aromatic nitrogens is 3. The largest absolute Gasteiger partial charge is 0.349 e. The number of piperidine rings is 1. The van der Waals surface area contributed by atoms with Crippen molar-refractivity contribution in [1.29, 1.82) is 0 Å². The first-order valence-corrected chi connectivity index (χ1v) is 10.0. The van der Waals surface area contributed by atoms with E-state index in [-0.39, 0.29) is 36.8 Å². The number of nitrogens with one attached hydrogen (secondary N) is 2. The number of halogens is 2. The van der Waals surface area contributed by atoms with E-state index in [0.717, 1.165) is 40.8 Å². The maximum Gasteiger partial charge on any atom is 0.252 e. The molecule has 30 heavy (non-hydrogen) atoms. The molecule has 3 aromatic rings. The van der Waals surface area contributed by atoms with E-state index in [1.54, 1.807) is 4.68 Å². The van der Waals surface area contributed by atoms with Crippen LogP contribution < -0.4 is 10.6 Å². The van der Waals surface area contributed by atoms with E-state index in [2.05, 4.69) is 15.7 Å². The SMILES string of the molecule is Cc1nn(C)c2nc(-c3ccccc3)cc(C(=O)NC3CC4CCC(C3)N4)c12.Cl.Cl. The molecule has 2 fully saturated rings. The van der Waals surface area contributed by atoms with Crippen LogP contribution in [0.4, 0.5) is 0 Å². The van der Waals surface area contributed by atoms with Crippen molar-refractivity contribution < 1.29 is 4.79 Å². The van der Waals surface area contributed by atoms with E-state index >= 15 is 0 Å². The zero-order valence-electron chi connectivity index (χ0n) is 17.1. The van der Waals surface area contributed by atoms with Crippen LogP contribution in [0.15, 0.2) is 36.4 Å². The number of pyridine rings is 1. The van der Waals surface area contributed by atoms with Crippen molar-refractivity contribution in [2.45, 2.75) is 50.7 Å². The van der Waals surface area contributed by atoms with Crippen molar-refractivity contribution in [3.05, 3.63) is 47.7 Å². The first kappa shape index (κ1) is 22.5. The molecule has 0 aliphatic carbocycles. The molecule has 2 aromatic heterocycles. The summed E-state index contributed by atoms with van der Waals surface area (Å²) in [6.07, 6.45) is 4.45. The molecule has 0 radical (unpaired) electrons. The lowest BCUT2D eigenvalue weighted by atomic mass is 9.98. The molecule has 0 spiro atoms. The molecule has 2 bridgehead atoms. The standard InChI is InChI=1S/C22H25N5O.2ClH/c1-13-20-18(22(28)24-17-10-15-8-9-16(11-17)23-15)12-19(14-6-4-3-5-7-14)25-21(20)27(2)26-13;;/h3-7,12,15-17,23H,8-11H2,1-2H3,(H,24,28);2*1H. The Hall–Kier alpha value is -2.15. The molecule has 5 rings (SSSR count). The molecule has 0 saturated carbocycles. The number of fused-ring (bicyclic) bond motifs is 3. The van der Waals surface area contributed by atoms with Crippen molar-refractivity contribution in [1.82, 2.24) is 25.4 Å². The second-order valence-electron chi connectivity index (χ2n) is 8.11. The molecule has 2 aliphatic heterocycles. The lowest BCUT2D eigenvalue weighted by Gasteiger charge is -2.29. The number of nitrogens with zero attached hydrogens (tertiary/aromatic N) is 3. The molecule has 160 valence electrons. The van der Waals surface area contributed by atoms with Gasteiger partial charge in [-0.15, -0.1) is 24.8 Å². The molecule has 6 nitrogen and oxygen atoms in total. The fourth-order valence-corrected chi connectivity index (χ4v) is 4.82. The van der Waals surface area contributed by atoms with E-state index in [9.17, 15) is 4.79 Å². The second kappa shape index (κ2) is 8.92. The summed E-state index contributed by atoms with van der Waals surface area (Å²) in [5.41, 5.74) is 4.04. The minimum atomic E-state index is -0.0213. The highest BCUT2D eigenvalue weighted by Crippen LogP contribution is 2.29. The highest BCUT2D eigenvalue weighted by Gasteiger charge is 2.34. The molecule has 2 aliphatic rings. The van der Waals surface area contributed by atoms with Gasteiger partial charge in [-0.25, -0.2) is 4.98 Å². The second-order valence-corrected chi connectivity index (χ2v) is 8.11. The molecule has 1 amide bonds. The Morgan fingerprint density at radius 3 is 2.47 bits per heavy atom. The first-order valence-electron chi connectivity index (χ1n) is 10.0. The van der Waals surface area contributed by atoms with Crippen LogP contribution in [0, 0.1) is 6.92 Å². The average Bonchev–Trinajstić information content (AvgIpc) is 3.19. The smallest absolute Gasteiger partial charge is 0.252 e. The third-order valence-corrected chi connectivity index (χ3v) is 6.09. The third kappa shape index (κ3) is 4.04. The van der Waals surface area contributed by atoms with Gasteiger partial charge in [-0.3, -0.25) is 9.48 Å². The van der Waals surface area contributed by atoms with Gasteiger partial charge in [0.25, 0.3) is 5.91 Å². The predicted molar refractivity (Wildman–Crippen MR) is 124 cm³/mol. The van der Waals surface area contributed by atoms with Gasteiger partial charge in [0.15, 0.2) is 5.65 Å². The predicted octanol–water partition coefficient (Wildman–Crippen LogP) is 3.80. The summed E-state index contributed by atoms with van der Waals surface area (Å²) in [5.74, 6) is -0.0213. The van der Waals surface area contributed by atoms with Crippen LogP contribution in [0.25, 0.3) is 22.3 Å². The molecule has 2 saturated heterocycles. The number of carbonyl (C=O) groups is 1. The number of carbonyl (C=O) groups excluding carboxylic acids is 1. The van der Waals surface area contributed by atoms with Gasteiger partial charge >= 0.3 is 0 Å². The molecule has 1 aromatic carbocycles. The van der Waals surface area contributed by atoms with Gasteiger partial charge in [0.2, 0.25) is 0 Å². The van der Waals surface area contributed by atoms with Gasteiger partial charge < -0.3 is 10.6 Å². The van der Waals surface area contributed by atoms with Gasteiger partial charge in [-0.05, 0) is 38.7 Å². The van der Waals surface area contributed by atoms with Gasteiger partial charge in [0.05, 0.1) is 22.3 Å². The Kier molecular flexibility index (Phi) is 6.70. The number of hydrogen-bond donors (Lipinski definition) is 2. The average molecular weight is 448 g/mol.